The molecule has 0 saturated carbocycles. The van der Waals surface area contributed by atoms with Gasteiger partial charge in [-0.1, -0.05) is 22.9 Å². The number of carboxylic acid groups (broad SMARTS) is 1. The molecular formula is C13H17BrN2O4. The van der Waals surface area contributed by atoms with E-state index in [-0.39, 0.29) is 6.54 Å². The van der Waals surface area contributed by atoms with Crippen LogP contribution in [-0.4, -0.2) is 30.8 Å². The molecule has 0 aliphatic rings. The molecule has 0 aliphatic carbocycles. The molecular weight excluding hydrogens is 328 g/mol. The number of benzene rings is 1. The van der Waals surface area contributed by atoms with Crippen molar-refractivity contribution >= 4 is 33.6 Å². The van der Waals surface area contributed by atoms with Crippen LogP contribution in [0.25, 0.3) is 0 Å². The van der Waals surface area contributed by atoms with Gasteiger partial charge in [0, 0.05) is 11.0 Å². The summed E-state index contributed by atoms with van der Waals surface area (Å²) in [5.74, 6) is -0.994. The molecule has 0 saturated heterocycles. The van der Waals surface area contributed by atoms with Crippen molar-refractivity contribution in [1.82, 2.24) is 5.32 Å². The number of anilines is 1. The van der Waals surface area contributed by atoms with Crippen LogP contribution in [-0.2, 0) is 4.79 Å². The third-order valence-corrected chi connectivity index (χ3v) is 3.25. The Morgan fingerprint density at radius 2 is 2.15 bits per heavy atom. The first-order chi connectivity index (χ1) is 9.47. The summed E-state index contributed by atoms with van der Waals surface area (Å²) in [6.07, 6.45) is 0.454. The normalized spacial score (nSPS) is 11.6. The molecule has 1 atom stereocenters. The number of hydrogen-bond acceptors (Lipinski definition) is 3. The SMILES string of the molecule is CCC(CNC(=O)Nc1cc(Br)ccc1OC)C(=O)O. The second-order valence-corrected chi connectivity index (χ2v) is 5.04. The van der Waals surface area contributed by atoms with E-state index in [9.17, 15) is 9.59 Å². The topological polar surface area (TPSA) is 87.7 Å². The van der Waals surface area contributed by atoms with Gasteiger partial charge in [-0.25, -0.2) is 4.79 Å². The fraction of sp³-hybridized carbons (Fsp3) is 0.385. The van der Waals surface area contributed by atoms with Gasteiger partial charge in [-0.2, -0.15) is 0 Å². The number of carbonyl (C=O) groups excluding carboxylic acids is 1. The standard InChI is InChI=1S/C13H17BrN2O4/c1-3-8(12(17)18)7-15-13(19)16-10-6-9(14)4-5-11(10)20-2/h4-6,8H,3,7H2,1-2H3,(H,17,18)(H2,15,16,19). The number of ether oxygens (including phenoxy) is 1. The van der Waals surface area contributed by atoms with E-state index in [1.807, 2.05) is 0 Å². The molecule has 0 radical (unpaired) electrons. The second-order valence-electron chi connectivity index (χ2n) is 4.12. The highest BCUT2D eigenvalue weighted by atomic mass is 79.9. The molecule has 2 amide bonds. The number of urea groups is 1. The lowest BCUT2D eigenvalue weighted by Crippen LogP contribution is -2.35. The van der Waals surface area contributed by atoms with Crippen molar-refractivity contribution in [3.8, 4) is 5.75 Å². The van der Waals surface area contributed by atoms with Gasteiger partial charge in [0.15, 0.2) is 0 Å². The number of carbonyl (C=O) groups is 2. The van der Waals surface area contributed by atoms with E-state index < -0.39 is 17.9 Å². The van der Waals surface area contributed by atoms with Crippen LogP contribution in [0.1, 0.15) is 13.3 Å². The van der Waals surface area contributed by atoms with Crippen molar-refractivity contribution in [2.45, 2.75) is 13.3 Å². The highest BCUT2D eigenvalue weighted by Crippen LogP contribution is 2.27. The third kappa shape index (κ3) is 4.73. The maximum atomic E-state index is 11.7. The zero-order valence-electron chi connectivity index (χ0n) is 11.3. The molecule has 1 aromatic carbocycles. The van der Waals surface area contributed by atoms with Gasteiger partial charge >= 0.3 is 12.0 Å². The third-order valence-electron chi connectivity index (χ3n) is 2.76. The number of aliphatic carboxylic acids is 1. The predicted molar refractivity (Wildman–Crippen MR) is 79.1 cm³/mol. The summed E-state index contributed by atoms with van der Waals surface area (Å²) in [5.41, 5.74) is 0.503. The van der Waals surface area contributed by atoms with Gasteiger partial charge < -0.3 is 20.5 Å². The highest BCUT2D eigenvalue weighted by molar-refractivity contribution is 9.10. The number of carboxylic acids is 1. The molecule has 0 aromatic heterocycles. The minimum Gasteiger partial charge on any atom is -0.495 e. The van der Waals surface area contributed by atoms with Crippen LogP contribution in [0.3, 0.4) is 0 Å². The Morgan fingerprint density at radius 3 is 2.70 bits per heavy atom. The summed E-state index contributed by atoms with van der Waals surface area (Å²) in [5, 5.41) is 14.1. The fourth-order valence-electron chi connectivity index (χ4n) is 1.57. The summed E-state index contributed by atoms with van der Waals surface area (Å²) < 4.78 is 5.93. The Labute approximate surface area is 125 Å². The Morgan fingerprint density at radius 1 is 1.45 bits per heavy atom. The first-order valence-corrected chi connectivity index (χ1v) is 6.88. The number of methoxy groups -OCH3 is 1. The minimum absolute atomic E-state index is 0.0774. The van der Waals surface area contributed by atoms with Crippen LogP contribution in [0.5, 0.6) is 5.75 Å². The van der Waals surface area contributed by atoms with Crippen LogP contribution < -0.4 is 15.4 Å². The van der Waals surface area contributed by atoms with E-state index >= 15 is 0 Å². The van der Waals surface area contributed by atoms with E-state index in [1.165, 1.54) is 7.11 Å². The smallest absolute Gasteiger partial charge is 0.319 e. The van der Waals surface area contributed by atoms with Gasteiger partial charge in [-0.15, -0.1) is 0 Å². The molecule has 3 N–H and O–H groups in total. The molecule has 6 nitrogen and oxygen atoms in total. The molecule has 7 heteroatoms. The first-order valence-electron chi connectivity index (χ1n) is 6.09. The Kier molecular flexibility index (Phi) is 6.30. The van der Waals surface area contributed by atoms with Crippen LogP contribution in [0, 0.1) is 5.92 Å². The average Bonchev–Trinajstić information content (AvgIpc) is 2.39. The van der Waals surface area contributed by atoms with E-state index in [0.717, 1.165) is 4.47 Å². The summed E-state index contributed by atoms with van der Waals surface area (Å²) in [6.45, 7) is 1.84. The molecule has 0 spiro atoms. The maximum absolute atomic E-state index is 11.7. The van der Waals surface area contributed by atoms with Crippen molar-refractivity contribution in [2.75, 3.05) is 19.0 Å². The molecule has 0 fully saturated rings. The molecule has 20 heavy (non-hydrogen) atoms. The van der Waals surface area contributed by atoms with Crippen molar-refractivity contribution in [2.24, 2.45) is 5.92 Å². The molecule has 0 heterocycles. The van der Waals surface area contributed by atoms with E-state index in [0.29, 0.717) is 17.9 Å². The van der Waals surface area contributed by atoms with Crippen LogP contribution in [0.15, 0.2) is 22.7 Å². The monoisotopic (exact) mass is 344 g/mol. The summed E-state index contributed by atoms with van der Waals surface area (Å²) in [4.78, 5) is 22.6. The molecule has 1 unspecified atom stereocenters. The maximum Gasteiger partial charge on any atom is 0.319 e. The lowest BCUT2D eigenvalue weighted by Gasteiger charge is -2.13. The second kappa shape index (κ2) is 7.74. The lowest BCUT2D eigenvalue weighted by atomic mass is 10.1. The van der Waals surface area contributed by atoms with Gasteiger partial charge in [-0.3, -0.25) is 4.79 Å². The zero-order chi connectivity index (χ0) is 15.1. The number of hydrogen-bond donors (Lipinski definition) is 3. The van der Waals surface area contributed by atoms with Crippen LogP contribution >= 0.6 is 15.9 Å². The quantitative estimate of drug-likeness (QED) is 0.740. The molecule has 1 rings (SSSR count). The number of amides is 2. The van der Waals surface area contributed by atoms with Gasteiger partial charge in [0.2, 0.25) is 0 Å². The Hall–Kier alpha value is -1.76. The van der Waals surface area contributed by atoms with Crippen molar-refractivity contribution < 1.29 is 19.4 Å². The lowest BCUT2D eigenvalue weighted by molar-refractivity contribution is -0.141. The van der Waals surface area contributed by atoms with Crippen LogP contribution in [0.2, 0.25) is 0 Å². The first kappa shape index (κ1) is 16.3. The van der Waals surface area contributed by atoms with Gasteiger partial charge in [0.05, 0.1) is 18.7 Å². The van der Waals surface area contributed by atoms with E-state index in [4.69, 9.17) is 9.84 Å². The zero-order valence-corrected chi connectivity index (χ0v) is 12.9. The predicted octanol–water partition coefficient (Wildman–Crippen LogP) is 2.69. The Balaban J connectivity index is 2.62. The van der Waals surface area contributed by atoms with Gasteiger partial charge in [0.25, 0.3) is 0 Å². The van der Waals surface area contributed by atoms with Crippen molar-refractivity contribution in [3.63, 3.8) is 0 Å². The molecule has 110 valence electrons. The number of nitrogens with one attached hydrogen (secondary N) is 2. The number of halogens is 1. The number of rotatable bonds is 6. The minimum atomic E-state index is -0.923. The summed E-state index contributed by atoms with van der Waals surface area (Å²) in [7, 11) is 1.50. The van der Waals surface area contributed by atoms with Crippen LogP contribution in [0.4, 0.5) is 10.5 Å². The van der Waals surface area contributed by atoms with E-state index in [1.54, 1.807) is 25.1 Å². The average molecular weight is 345 g/mol. The van der Waals surface area contributed by atoms with Gasteiger partial charge in [0.1, 0.15) is 5.75 Å². The fourth-order valence-corrected chi connectivity index (χ4v) is 1.93. The molecule has 1 aromatic rings. The van der Waals surface area contributed by atoms with Gasteiger partial charge in [-0.05, 0) is 24.6 Å². The molecule has 0 bridgehead atoms. The van der Waals surface area contributed by atoms with Crippen molar-refractivity contribution in [1.29, 1.82) is 0 Å². The molecule has 0 aliphatic heterocycles. The van der Waals surface area contributed by atoms with E-state index in [2.05, 4.69) is 26.6 Å². The summed E-state index contributed by atoms with van der Waals surface area (Å²) in [6, 6.07) is 4.74. The Bertz CT molecular complexity index is 493. The summed E-state index contributed by atoms with van der Waals surface area (Å²) >= 11 is 3.30. The van der Waals surface area contributed by atoms with Crippen molar-refractivity contribution in [3.05, 3.63) is 22.7 Å². The highest BCUT2D eigenvalue weighted by Gasteiger charge is 2.16. The largest absolute Gasteiger partial charge is 0.495 e.